The van der Waals surface area contributed by atoms with E-state index in [9.17, 15) is 20.4 Å². The first-order valence-electron chi connectivity index (χ1n) is 5.16. The summed E-state index contributed by atoms with van der Waals surface area (Å²) in [6, 6.07) is 0. The second-order valence-electron chi connectivity index (χ2n) is 3.68. The molecule has 0 aromatic heterocycles. The van der Waals surface area contributed by atoms with E-state index >= 15 is 0 Å². The van der Waals surface area contributed by atoms with Gasteiger partial charge in [-0.15, -0.1) is 0 Å². The standard InChI is InChI=1S/C9H19NO5/c1-2-10-4-3-5-6(11)7(12)8(13)9(14)15-5/h5-14H,2-4H2,1H3/t5-,6-,7+,8-,9?/m1/s1. The van der Waals surface area contributed by atoms with Crippen LogP contribution in [0.25, 0.3) is 0 Å². The van der Waals surface area contributed by atoms with Crippen LogP contribution in [0.2, 0.25) is 0 Å². The van der Waals surface area contributed by atoms with Crippen molar-refractivity contribution >= 4 is 0 Å². The Labute approximate surface area is 88.5 Å². The van der Waals surface area contributed by atoms with Crippen molar-refractivity contribution in [1.82, 2.24) is 5.32 Å². The van der Waals surface area contributed by atoms with Crippen molar-refractivity contribution in [3.05, 3.63) is 0 Å². The van der Waals surface area contributed by atoms with E-state index < -0.39 is 30.7 Å². The summed E-state index contributed by atoms with van der Waals surface area (Å²) in [4.78, 5) is 0. The monoisotopic (exact) mass is 221 g/mol. The molecule has 1 unspecified atom stereocenters. The van der Waals surface area contributed by atoms with E-state index in [4.69, 9.17) is 4.74 Å². The summed E-state index contributed by atoms with van der Waals surface area (Å²) in [5.74, 6) is 0. The maximum absolute atomic E-state index is 9.55. The van der Waals surface area contributed by atoms with Gasteiger partial charge in [0.1, 0.15) is 18.3 Å². The molecule has 1 heterocycles. The van der Waals surface area contributed by atoms with Crippen LogP contribution < -0.4 is 5.32 Å². The van der Waals surface area contributed by atoms with Crippen molar-refractivity contribution in [2.45, 2.75) is 44.1 Å². The van der Waals surface area contributed by atoms with Crippen LogP contribution in [0.15, 0.2) is 0 Å². The molecule has 0 aromatic carbocycles. The molecule has 6 heteroatoms. The smallest absolute Gasteiger partial charge is 0.183 e. The number of ether oxygens (including phenoxy) is 1. The molecule has 1 rings (SSSR count). The quantitative estimate of drug-likeness (QED) is 0.345. The van der Waals surface area contributed by atoms with Crippen LogP contribution in [-0.2, 0) is 4.74 Å². The maximum Gasteiger partial charge on any atom is 0.183 e. The van der Waals surface area contributed by atoms with Crippen molar-refractivity contribution < 1.29 is 25.2 Å². The molecule has 1 fully saturated rings. The van der Waals surface area contributed by atoms with Gasteiger partial charge in [0.25, 0.3) is 0 Å². The van der Waals surface area contributed by atoms with Gasteiger partial charge in [-0.1, -0.05) is 6.92 Å². The second-order valence-corrected chi connectivity index (χ2v) is 3.68. The molecule has 1 aliphatic heterocycles. The maximum atomic E-state index is 9.55. The van der Waals surface area contributed by atoms with Gasteiger partial charge in [-0.2, -0.15) is 0 Å². The minimum absolute atomic E-state index is 0.468. The van der Waals surface area contributed by atoms with E-state index in [1.165, 1.54) is 0 Å². The zero-order chi connectivity index (χ0) is 11.4. The summed E-state index contributed by atoms with van der Waals surface area (Å²) in [5.41, 5.74) is 0. The lowest BCUT2D eigenvalue weighted by Gasteiger charge is -2.38. The van der Waals surface area contributed by atoms with E-state index in [2.05, 4.69) is 5.32 Å². The SMILES string of the molecule is CCNCC[C@H]1OC(O)[C@H](O)[C@@H](O)[C@@H]1O. The summed E-state index contributed by atoms with van der Waals surface area (Å²) < 4.78 is 4.98. The third kappa shape index (κ3) is 3.10. The van der Waals surface area contributed by atoms with Gasteiger partial charge in [-0.25, -0.2) is 0 Å². The second kappa shape index (κ2) is 5.74. The number of hydrogen-bond acceptors (Lipinski definition) is 6. The molecule has 0 saturated carbocycles. The summed E-state index contributed by atoms with van der Waals surface area (Å²) in [5, 5.41) is 40.4. The third-order valence-corrected chi connectivity index (χ3v) is 2.54. The molecule has 1 saturated heterocycles. The van der Waals surface area contributed by atoms with Crippen LogP contribution in [-0.4, -0.2) is 64.2 Å². The fourth-order valence-electron chi connectivity index (χ4n) is 1.59. The van der Waals surface area contributed by atoms with E-state index in [0.29, 0.717) is 13.0 Å². The van der Waals surface area contributed by atoms with Crippen LogP contribution in [0.3, 0.4) is 0 Å². The largest absolute Gasteiger partial charge is 0.388 e. The lowest BCUT2D eigenvalue weighted by molar-refractivity contribution is -0.282. The average molecular weight is 221 g/mol. The molecule has 15 heavy (non-hydrogen) atoms. The van der Waals surface area contributed by atoms with Crippen molar-refractivity contribution in [3.8, 4) is 0 Å². The Morgan fingerprint density at radius 3 is 2.33 bits per heavy atom. The van der Waals surface area contributed by atoms with Crippen molar-refractivity contribution in [1.29, 1.82) is 0 Å². The molecule has 6 nitrogen and oxygen atoms in total. The molecular weight excluding hydrogens is 202 g/mol. The molecule has 1 aliphatic rings. The van der Waals surface area contributed by atoms with E-state index in [0.717, 1.165) is 6.54 Å². The molecule has 0 radical (unpaired) electrons. The summed E-state index contributed by atoms with van der Waals surface area (Å²) >= 11 is 0. The summed E-state index contributed by atoms with van der Waals surface area (Å²) in [6.45, 7) is 3.37. The minimum atomic E-state index is -1.45. The van der Waals surface area contributed by atoms with Gasteiger partial charge in [-0.05, 0) is 19.5 Å². The molecular formula is C9H19NO5. The third-order valence-electron chi connectivity index (χ3n) is 2.54. The van der Waals surface area contributed by atoms with Crippen LogP contribution in [0, 0.1) is 0 Å². The van der Waals surface area contributed by atoms with Gasteiger partial charge >= 0.3 is 0 Å². The first-order chi connectivity index (χ1) is 7.07. The molecule has 5 atom stereocenters. The fraction of sp³-hybridized carbons (Fsp3) is 1.00. The predicted molar refractivity (Wildman–Crippen MR) is 52.1 cm³/mol. The first-order valence-corrected chi connectivity index (χ1v) is 5.16. The van der Waals surface area contributed by atoms with Crippen molar-refractivity contribution in [2.24, 2.45) is 0 Å². The van der Waals surface area contributed by atoms with E-state index in [1.807, 2.05) is 6.92 Å². The van der Waals surface area contributed by atoms with Crippen molar-refractivity contribution in [2.75, 3.05) is 13.1 Å². The van der Waals surface area contributed by atoms with Gasteiger partial charge in [0.15, 0.2) is 6.29 Å². The normalized spacial score (nSPS) is 41.8. The number of hydrogen-bond donors (Lipinski definition) is 5. The van der Waals surface area contributed by atoms with Gasteiger partial charge in [0.05, 0.1) is 6.10 Å². The van der Waals surface area contributed by atoms with E-state index in [-0.39, 0.29) is 0 Å². The molecule has 90 valence electrons. The number of aliphatic hydroxyl groups is 4. The molecule has 0 aliphatic carbocycles. The van der Waals surface area contributed by atoms with Crippen LogP contribution in [0.1, 0.15) is 13.3 Å². The van der Waals surface area contributed by atoms with Crippen LogP contribution >= 0.6 is 0 Å². The fourth-order valence-corrected chi connectivity index (χ4v) is 1.59. The molecule has 5 N–H and O–H groups in total. The van der Waals surface area contributed by atoms with Gasteiger partial charge in [-0.3, -0.25) is 0 Å². The Kier molecular flexibility index (Phi) is 4.91. The van der Waals surface area contributed by atoms with E-state index in [1.54, 1.807) is 0 Å². The molecule has 0 bridgehead atoms. The van der Waals surface area contributed by atoms with Crippen molar-refractivity contribution in [3.63, 3.8) is 0 Å². The number of nitrogens with one attached hydrogen (secondary N) is 1. The Hall–Kier alpha value is -0.240. The van der Waals surface area contributed by atoms with Crippen LogP contribution in [0.5, 0.6) is 0 Å². The minimum Gasteiger partial charge on any atom is -0.388 e. The zero-order valence-corrected chi connectivity index (χ0v) is 8.71. The highest BCUT2D eigenvalue weighted by Gasteiger charge is 2.42. The van der Waals surface area contributed by atoms with Gasteiger partial charge < -0.3 is 30.5 Å². The lowest BCUT2D eigenvalue weighted by atomic mass is 9.97. The number of aliphatic hydroxyl groups excluding tert-OH is 4. The van der Waals surface area contributed by atoms with Gasteiger partial charge in [0, 0.05) is 0 Å². The topological polar surface area (TPSA) is 102 Å². The zero-order valence-electron chi connectivity index (χ0n) is 8.71. The highest BCUT2D eigenvalue weighted by Crippen LogP contribution is 2.21. The molecule has 0 spiro atoms. The number of rotatable bonds is 4. The first kappa shape index (κ1) is 12.8. The Morgan fingerprint density at radius 2 is 1.73 bits per heavy atom. The van der Waals surface area contributed by atoms with Crippen LogP contribution in [0.4, 0.5) is 0 Å². The lowest BCUT2D eigenvalue weighted by Crippen LogP contribution is -2.57. The molecule has 0 amide bonds. The Balaban J connectivity index is 2.43. The van der Waals surface area contributed by atoms with Gasteiger partial charge in [0.2, 0.25) is 0 Å². The summed E-state index contributed by atoms with van der Waals surface area (Å²) in [7, 11) is 0. The highest BCUT2D eigenvalue weighted by atomic mass is 16.6. The average Bonchev–Trinajstić information content (AvgIpc) is 2.23. The Morgan fingerprint density at radius 1 is 1.07 bits per heavy atom. The predicted octanol–water partition coefficient (Wildman–Crippen LogP) is -2.21. The summed E-state index contributed by atoms with van der Waals surface area (Å²) in [6.07, 6.45) is -5.60. The Bertz CT molecular complexity index is 191. The highest BCUT2D eigenvalue weighted by molar-refractivity contribution is 4.88. The molecule has 0 aromatic rings.